The number of carboxylic acids is 1. The van der Waals surface area contributed by atoms with Gasteiger partial charge in [-0.1, -0.05) is 49.2 Å². The highest BCUT2D eigenvalue weighted by Crippen LogP contribution is 2.29. The highest BCUT2D eigenvalue weighted by molar-refractivity contribution is 6.30. The first-order valence-electron chi connectivity index (χ1n) is 8.74. The lowest BCUT2D eigenvalue weighted by Gasteiger charge is -2.14. The molecule has 0 spiro atoms. The Morgan fingerprint density at radius 2 is 1.85 bits per heavy atom. The van der Waals surface area contributed by atoms with E-state index in [9.17, 15) is 14.3 Å². The first-order chi connectivity index (χ1) is 13.0. The number of rotatable bonds is 6. The normalized spacial score (nSPS) is 10.8. The highest BCUT2D eigenvalue weighted by atomic mass is 35.5. The Bertz CT molecular complexity index is 971. The average Bonchev–Trinajstić information content (AvgIpc) is 2.64. The summed E-state index contributed by atoms with van der Waals surface area (Å²) in [5.74, 6) is -1.36. The number of aromatic carboxylic acids is 1. The third kappa shape index (κ3) is 4.52. The SMILES string of the molecule is CCCc1nc(Cc2ccc(F)cc2)c(C(=O)O)cc1-c1cccc(Cl)c1. The molecule has 5 heteroatoms. The van der Waals surface area contributed by atoms with Crippen LogP contribution in [0.4, 0.5) is 4.39 Å². The summed E-state index contributed by atoms with van der Waals surface area (Å²) in [5, 5.41) is 10.3. The number of carbonyl (C=O) groups is 1. The number of halogens is 2. The molecule has 0 aliphatic heterocycles. The number of pyridine rings is 1. The Morgan fingerprint density at radius 3 is 2.48 bits per heavy atom. The molecule has 0 amide bonds. The van der Waals surface area contributed by atoms with Crippen LogP contribution in [0.15, 0.2) is 54.6 Å². The number of hydrogen-bond acceptors (Lipinski definition) is 2. The van der Waals surface area contributed by atoms with E-state index in [-0.39, 0.29) is 11.4 Å². The van der Waals surface area contributed by atoms with Crippen LogP contribution < -0.4 is 0 Å². The minimum absolute atomic E-state index is 0.147. The van der Waals surface area contributed by atoms with Gasteiger partial charge in [-0.15, -0.1) is 0 Å². The Morgan fingerprint density at radius 1 is 1.11 bits per heavy atom. The number of hydrogen-bond donors (Lipinski definition) is 1. The Hall–Kier alpha value is -2.72. The van der Waals surface area contributed by atoms with Crippen molar-refractivity contribution < 1.29 is 14.3 Å². The molecule has 1 heterocycles. The van der Waals surface area contributed by atoms with Crippen molar-refractivity contribution >= 4 is 17.6 Å². The van der Waals surface area contributed by atoms with Crippen molar-refractivity contribution in [1.29, 1.82) is 0 Å². The molecule has 3 rings (SSSR count). The summed E-state index contributed by atoms with van der Waals surface area (Å²) in [7, 11) is 0. The fourth-order valence-corrected chi connectivity index (χ4v) is 3.23. The van der Waals surface area contributed by atoms with E-state index in [0.29, 0.717) is 17.1 Å². The molecule has 0 aliphatic rings. The van der Waals surface area contributed by atoms with Gasteiger partial charge in [-0.25, -0.2) is 9.18 Å². The molecule has 138 valence electrons. The maximum absolute atomic E-state index is 13.2. The van der Waals surface area contributed by atoms with Gasteiger partial charge in [0.2, 0.25) is 0 Å². The Labute approximate surface area is 162 Å². The fourth-order valence-electron chi connectivity index (χ4n) is 3.04. The van der Waals surface area contributed by atoms with E-state index in [2.05, 4.69) is 4.98 Å². The zero-order valence-corrected chi connectivity index (χ0v) is 15.6. The van der Waals surface area contributed by atoms with Crippen LogP contribution in [0.2, 0.25) is 5.02 Å². The van der Waals surface area contributed by atoms with Crippen LogP contribution in [-0.4, -0.2) is 16.1 Å². The second kappa shape index (κ2) is 8.31. The molecule has 0 saturated carbocycles. The second-order valence-electron chi connectivity index (χ2n) is 6.35. The molecule has 0 saturated heterocycles. The number of aryl methyl sites for hydroxylation is 1. The summed E-state index contributed by atoms with van der Waals surface area (Å²) in [4.78, 5) is 16.5. The van der Waals surface area contributed by atoms with Crippen molar-refractivity contribution in [3.05, 3.63) is 88.0 Å². The van der Waals surface area contributed by atoms with Crippen molar-refractivity contribution in [2.24, 2.45) is 0 Å². The van der Waals surface area contributed by atoms with E-state index in [1.54, 1.807) is 24.3 Å². The average molecular weight is 384 g/mol. The molecule has 0 aliphatic carbocycles. The molecule has 0 radical (unpaired) electrons. The fraction of sp³-hybridized carbons (Fsp3) is 0.182. The number of aromatic nitrogens is 1. The minimum atomic E-state index is -1.04. The lowest BCUT2D eigenvalue weighted by atomic mass is 9.96. The monoisotopic (exact) mass is 383 g/mol. The summed E-state index contributed by atoms with van der Waals surface area (Å²) in [6.45, 7) is 2.05. The third-order valence-electron chi connectivity index (χ3n) is 4.32. The molecule has 0 unspecified atom stereocenters. The summed E-state index contributed by atoms with van der Waals surface area (Å²) in [6.07, 6.45) is 1.93. The molecule has 0 atom stereocenters. The maximum atomic E-state index is 13.2. The van der Waals surface area contributed by atoms with Crippen LogP contribution in [0.1, 0.15) is 40.7 Å². The van der Waals surface area contributed by atoms with E-state index in [1.807, 2.05) is 25.1 Å². The molecular weight excluding hydrogens is 365 g/mol. The van der Waals surface area contributed by atoms with Gasteiger partial charge < -0.3 is 5.11 Å². The van der Waals surface area contributed by atoms with Crippen LogP contribution in [0.25, 0.3) is 11.1 Å². The van der Waals surface area contributed by atoms with E-state index in [4.69, 9.17) is 11.6 Å². The van der Waals surface area contributed by atoms with E-state index >= 15 is 0 Å². The number of carboxylic acid groups (broad SMARTS) is 1. The number of nitrogens with zero attached hydrogens (tertiary/aromatic N) is 1. The van der Waals surface area contributed by atoms with Gasteiger partial charge >= 0.3 is 5.97 Å². The van der Waals surface area contributed by atoms with Crippen LogP contribution in [0.5, 0.6) is 0 Å². The van der Waals surface area contributed by atoms with Crippen LogP contribution in [0, 0.1) is 5.82 Å². The van der Waals surface area contributed by atoms with Gasteiger partial charge in [-0.3, -0.25) is 4.98 Å². The van der Waals surface area contributed by atoms with Crippen molar-refractivity contribution in [3.63, 3.8) is 0 Å². The molecular formula is C22H19ClFNO2. The Balaban J connectivity index is 2.12. The predicted molar refractivity (Wildman–Crippen MR) is 105 cm³/mol. The van der Waals surface area contributed by atoms with Crippen molar-refractivity contribution in [2.75, 3.05) is 0 Å². The maximum Gasteiger partial charge on any atom is 0.337 e. The lowest BCUT2D eigenvalue weighted by Crippen LogP contribution is -2.09. The van der Waals surface area contributed by atoms with Gasteiger partial charge in [0, 0.05) is 22.7 Å². The van der Waals surface area contributed by atoms with Gasteiger partial charge in [0.05, 0.1) is 11.3 Å². The van der Waals surface area contributed by atoms with Gasteiger partial charge in [-0.2, -0.15) is 0 Å². The molecule has 0 fully saturated rings. The number of benzene rings is 2. The quantitative estimate of drug-likeness (QED) is 0.586. The summed E-state index contributed by atoms with van der Waals surface area (Å²) in [6, 6.07) is 15.0. The largest absolute Gasteiger partial charge is 0.478 e. The van der Waals surface area contributed by atoms with Crippen LogP contribution in [0.3, 0.4) is 0 Å². The minimum Gasteiger partial charge on any atom is -0.478 e. The van der Waals surface area contributed by atoms with Gasteiger partial charge in [0.1, 0.15) is 5.82 Å². The molecule has 27 heavy (non-hydrogen) atoms. The third-order valence-corrected chi connectivity index (χ3v) is 4.55. The molecule has 3 nitrogen and oxygen atoms in total. The van der Waals surface area contributed by atoms with Gasteiger partial charge in [-0.05, 0) is 47.9 Å². The molecule has 1 N–H and O–H groups in total. The zero-order chi connectivity index (χ0) is 19.4. The summed E-state index contributed by atoms with van der Waals surface area (Å²) in [5.41, 5.74) is 3.89. The lowest BCUT2D eigenvalue weighted by molar-refractivity contribution is 0.0695. The van der Waals surface area contributed by atoms with E-state index in [1.165, 1.54) is 12.1 Å². The van der Waals surface area contributed by atoms with Crippen molar-refractivity contribution in [2.45, 2.75) is 26.2 Å². The molecule has 2 aromatic carbocycles. The van der Waals surface area contributed by atoms with Crippen LogP contribution in [-0.2, 0) is 12.8 Å². The van der Waals surface area contributed by atoms with Gasteiger partial charge in [0.15, 0.2) is 0 Å². The zero-order valence-electron chi connectivity index (χ0n) is 14.9. The predicted octanol–water partition coefficient (Wildman–Crippen LogP) is 5.78. The molecule has 0 bridgehead atoms. The summed E-state index contributed by atoms with van der Waals surface area (Å²) >= 11 is 6.11. The van der Waals surface area contributed by atoms with Gasteiger partial charge in [0.25, 0.3) is 0 Å². The van der Waals surface area contributed by atoms with Crippen molar-refractivity contribution in [1.82, 2.24) is 4.98 Å². The molecule has 3 aromatic rings. The Kier molecular flexibility index (Phi) is 5.87. The van der Waals surface area contributed by atoms with E-state index in [0.717, 1.165) is 35.2 Å². The van der Waals surface area contributed by atoms with Crippen molar-refractivity contribution in [3.8, 4) is 11.1 Å². The summed E-state index contributed by atoms with van der Waals surface area (Å²) < 4.78 is 13.2. The smallest absolute Gasteiger partial charge is 0.337 e. The first-order valence-corrected chi connectivity index (χ1v) is 9.12. The topological polar surface area (TPSA) is 50.2 Å². The van der Waals surface area contributed by atoms with Crippen LogP contribution >= 0.6 is 11.6 Å². The standard InChI is InChI=1S/C22H19ClFNO2/c1-2-4-20-18(15-5-3-6-16(23)12-15)13-19(22(26)27)21(25-20)11-14-7-9-17(24)10-8-14/h3,5-10,12-13H,2,4,11H2,1H3,(H,26,27). The second-order valence-corrected chi connectivity index (χ2v) is 6.78. The highest BCUT2D eigenvalue weighted by Gasteiger charge is 2.18. The first kappa shape index (κ1) is 19.1. The van der Waals surface area contributed by atoms with E-state index < -0.39 is 5.97 Å². The molecule has 1 aromatic heterocycles.